The zero-order chi connectivity index (χ0) is 17.6. The van der Waals surface area contributed by atoms with Gasteiger partial charge in [0.2, 0.25) is 5.91 Å². The molecule has 5 heteroatoms. The van der Waals surface area contributed by atoms with E-state index in [1.807, 2.05) is 36.4 Å². The zero-order valence-electron chi connectivity index (χ0n) is 13.1. The molecule has 0 unspecified atom stereocenters. The Kier molecular flexibility index (Phi) is 4.02. The molecule has 1 radical (unpaired) electrons. The average molecular weight is 413 g/mol. The van der Waals surface area contributed by atoms with E-state index in [0.29, 0.717) is 17.1 Å². The van der Waals surface area contributed by atoms with Gasteiger partial charge in [0.1, 0.15) is 0 Å². The lowest BCUT2D eigenvalue weighted by molar-refractivity contribution is 0.100. The maximum atomic E-state index is 11.9. The second-order valence-corrected chi connectivity index (χ2v) is 7.11. The minimum absolute atomic E-state index is 0.450. The molecule has 0 bridgehead atoms. The lowest BCUT2D eigenvalue weighted by atomic mass is 10.1. The number of nitrogens with two attached hydrogens (primary N) is 1. The summed E-state index contributed by atoms with van der Waals surface area (Å²) >= 11 is 9.81. The van der Waals surface area contributed by atoms with E-state index < -0.39 is 5.91 Å². The Balaban J connectivity index is 2.08. The molecule has 0 saturated heterocycles. The van der Waals surface area contributed by atoms with Crippen LogP contribution in [0.5, 0.6) is 0 Å². The van der Waals surface area contributed by atoms with Crippen LogP contribution in [0, 0.1) is 6.07 Å². The fraction of sp³-hybridized carbons (Fsp3) is 0.0500. The van der Waals surface area contributed by atoms with E-state index in [2.05, 4.69) is 32.6 Å². The Morgan fingerprint density at radius 3 is 2.72 bits per heavy atom. The van der Waals surface area contributed by atoms with Gasteiger partial charge in [-0.15, -0.1) is 0 Å². The zero-order valence-corrected chi connectivity index (χ0v) is 15.4. The van der Waals surface area contributed by atoms with Crippen molar-refractivity contribution in [2.24, 2.45) is 5.73 Å². The van der Waals surface area contributed by atoms with Gasteiger partial charge in [0, 0.05) is 32.4 Å². The van der Waals surface area contributed by atoms with Crippen molar-refractivity contribution >= 4 is 55.2 Å². The maximum absolute atomic E-state index is 11.9. The van der Waals surface area contributed by atoms with Gasteiger partial charge in [0.15, 0.2) is 0 Å². The summed E-state index contributed by atoms with van der Waals surface area (Å²) in [6, 6.07) is 20.5. The molecule has 123 valence electrons. The van der Waals surface area contributed by atoms with Crippen molar-refractivity contribution in [2.45, 2.75) is 6.54 Å². The maximum Gasteiger partial charge on any atom is 0.249 e. The summed E-state index contributed by atoms with van der Waals surface area (Å²) in [5, 5.41) is 2.26. The van der Waals surface area contributed by atoms with Gasteiger partial charge in [-0.3, -0.25) is 4.79 Å². The molecule has 1 amide bonds. The van der Waals surface area contributed by atoms with Crippen LogP contribution in [0.3, 0.4) is 0 Å². The molecule has 25 heavy (non-hydrogen) atoms. The number of amides is 1. The molecular formula is C20H13BrClN2O. The predicted molar refractivity (Wildman–Crippen MR) is 105 cm³/mol. The molecule has 0 aliphatic heterocycles. The first-order chi connectivity index (χ1) is 12.1. The molecular weight excluding hydrogens is 400 g/mol. The molecule has 0 spiro atoms. The number of carbonyl (C=O) groups excluding carboxylic acids is 1. The van der Waals surface area contributed by atoms with E-state index in [1.54, 1.807) is 12.1 Å². The third-order valence-electron chi connectivity index (χ3n) is 4.31. The number of carbonyl (C=O) groups is 1. The average Bonchev–Trinajstić information content (AvgIpc) is 2.90. The highest BCUT2D eigenvalue weighted by Gasteiger charge is 2.17. The van der Waals surface area contributed by atoms with Crippen LogP contribution >= 0.6 is 27.5 Å². The Labute approximate surface area is 158 Å². The Morgan fingerprint density at radius 2 is 1.96 bits per heavy atom. The van der Waals surface area contributed by atoms with Gasteiger partial charge < -0.3 is 10.3 Å². The van der Waals surface area contributed by atoms with Gasteiger partial charge in [0.05, 0.1) is 11.0 Å². The first-order valence-electron chi connectivity index (χ1n) is 7.71. The smallest absolute Gasteiger partial charge is 0.249 e. The van der Waals surface area contributed by atoms with Gasteiger partial charge in [-0.1, -0.05) is 51.8 Å². The van der Waals surface area contributed by atoms with Crippen LogP contribution in [0.15, 0.2) is 59.1 Å². The van der Waals surface area contributed by atoms with Crippen molar-refractivity contribution in [1.82, 2.24) is 4.57 Å². The van der Waals surface area contributed by atoms with Crippen LogP contribution in [0.1, 0.15) is 15.9 Å². The molecule has 0 fully saturated rings. The minimum Gasteiger partial charge on any atom is -0.366 e. The van der Waals surface area contributed by atoms with E-state index in [4.69, 9.17) is 17.3 Å². The second kappa shape index (κ2) is 6.21. The number of benzene rings is 3. The first kappa shape index (κ1) is 16.2. The molecule has 0 atom stereocenters. The molecule has 1 heterocycles. The van der Waals surface area contributed by atoms with E-state index in [9.17, 15) is 4.79 Å². The van der Waals surface area contributed by atoms with Crippen LogP contribution in [-0.2, 0) is 6.54 Å². The summed E-state index contributed by atoms with van der Waals surface area (Å²) in [6.45, 7) is 0.637. The Morgan fingerprint density at radius 1 is 1.16 bits per heavy atom. The SMILES string of the molecule is NC(=O)c1cccc2c1c1[c]cc(Cl)cc1n2Cc1ccccc1Br. The standard InChI is InChI=1S/C20H13BrClN2O/c21-16-6-2-1-4-12(16)11-24-17-7-3-5-15(20(23)25)19(17)14-9-8-13(22)10-18(14)24/h1-8,10H,11H2,(H2,23,25). The van der Waals surface area contributed by atoms with E-state index in [0.717, 1.165) is 31.8 Å². The molecule has 1 aromatic heterocycles. The molecule has 2 N–H and O–H groups in total. The van der Waals surface area contributed by atoms with E-state index in [-0.39, 0.29) is 0 Å². The fourth-order valence-electron chi connectivity index (χ4n) is 3.20. The molecule has 0 aliphatic carbocycles. The number of hydrogen-bond acceptors (Lipinski definition) is 1. The van der Waals surface area contributed by atoms with Gasteiger partial charge >= 0.3 is 0 Å². The first-order valence-corrected chi connectivity index (χ1v) is 8.88. The highest BCUT2D eigenvalue weighted by molar-refractivity contribution is 9.10. The molecule has 4 rings (SSSR count). The summed E-state index contributed by atoms with van der Waals surface area (Å²) in [7, 11) is 0. The second-order valence-electron chi connectivity index (χ2n) is 5.82. The normalized spacial score (nSPS) is 11.3. The Hall–Kier alpha value is -2.30. The molecule has 3 aromatic carbocycles. The third kappa shape index (κ3) is 2.71. The fourth-order valence-corrected chi connectivity index (χ4v) is 3.77. The number of primary amides is 1. The molecule has 0 aliphatic rings. The minimum atomic E-state index is -0.450. The van der Waals surface area contributed by atoms with Gasteiger partial charge in [-0.05, 0) is 42.0 Å². The van der Waals surface area contributed by atoms with E-state index >= 15 is 0 Å². The number of nitrogens with zero attached hydrogens (tertiary/aromatic N) is 1. The van der Waals surface area contributed by atoms with Crippen molar-refractivity contribution in [2.75, 3.05) is 0 Å². The lowest BCUT2D eigenvalue weighted by Gasteiger charge is -2.10. The summed E-state index contributed by atoms with van der Waals surface area (Å²) in [5.41, 5.74) is 9.07. The van der Waals surface area contributed by atoms with Crippen molar-refractivity contribution in [3.05, 3.63) is 81.3 Å². The van der Waals surface area contributed by atoms with Crippen LogP contribution < -0.4 is 5.73 Å². The van der Waals surface area contributed by atoms with Crippen molar-refractivity contribution in [1.29, 1.82) is 0 Å². The topological polar surface area (TPSA) is 48.0 Å². The monoisotopic (exact) mass is 411 g/mol. The number of hydrogen-bond donors (Lipinski definition) is 1. The van der Waals surface area contributed by atoms with Crippen molar-refractivity contribution in [3.8, 4) is 0 Å². The number of fused-ring (bicyclic) bond motifs is 3. The quantitative estimate of drug-likeness (QED) is 0.496. The van der Waals surface area contributed by atoms with E-state index in [1.165, 1.54) is 0 Å². The molecule has 0 saturated carbocycles. The Bertz CT molecular complexity index is 1130. The van der Waals surface area contributed by atoms with Crippen LogP contribution in [0.4, 0.5) is 0 Å². The van der Waals surface area contributed by atoms with Crippen molar-refractivity contribution < 1.29 is 4.79 Å². The molecule has 3 nitrogen and oxygen atoms in total. The summed E-state index contributed by atoms with van der Waals surface area (Å²) in [4.78, 5) is 11.9. The number of rotatable bonds is 3. The highest BCUT2D eigenvalue weighted by Crippen LogP contribution is 2.34. The summed E-state index contributed by atoms with van der Waals surface area (Å²) in [6.07, 6.45) is 0. The van der Waals surface area contributed by atoms with Gasteiger partial charge in [0.25, 0.3) is 0 Å². The van der Waals surface area contributed by atoms with Crippen LogP contribution in [-0.4, -0.2) is 10.5 Å². The molecule has 4 aromatic rings. The third-order valence-corrected chi connectivity index (χ3v) is 5.30. The lowest BCUT2D eigenvalue weighted by Crippen LogP contribution is -2.11. The number of halogens is 2. The van der Waals surface area contributed by atoms with Gasteiger partial charge in [-0.25, -0.2) is 0 Å². The summed E-state index contributed by atoms with van der Waals surface area (Å²) in [5.74, 6) is -0.450. The highest BCUT2D eigenvalue weighted by atomic mass is 79.9. The predicted octanol–water partition coefficient (Wildman–Crippen LogP) is 5.16. The van der Waals surface area contributed by atoms with Gasteiger partial charge in [-0.2, -0.15) is 0 Å². The number of aromatic nitrogens is 1. The van der Waals surface area contributed by atoms with Crippen LogP contribution in [0.2, 0.25) is 5.02 Å². The summed E-state index contributed by atoms with van der Waals surface area (Å²) < 4.78 is 3.17. The van der Waals surface area contributed by atoms with Crippen LogP contribution in [0.25, 0.3) is 21.8 Å². The largest absolute Gasteiger partial charge is 0.366 e. The van der Waals surface area contributed by atoms with Crippen molar-refractivity contribution in [3.63, 3.8) is 0 Å².